The molecular weight excluding hydrogens is 384 g/mol. The molecule has 0 N–H and O–H groups in total. The molecule has 5 nitrogen and oxygen atoms in total. The van der Waals surface area contributed by atoms with E-state index in [-0.39, 0.29) is 23.0 Å². The Morgan fingerprint density at radius 3 is 2.77 bits per heavy atom. The van der Waals surface area contributed by atoms with Crippen molar-refractivity contribution in [1.29, 1.82) is 0 Å². The van der Waals surface area contributed by atoms with Crippen molar-refractivity contribution < 1.29 is 18.0 Å². The number of aromatic nitrogens is 2. The molecule has 0 saturated heterocycles. The number of carbonyl (C=O) groups is 1. The van der Waals surface area contributed by atoms with E-state index < -0.39 is 17.5 Å². The summed E-state index contributed by atoms with van der Waals surface area (Å²) in [4.78, 5) is 15.0. The molecular formula is C17H14ClF2N3O2S. The molecule has 0 atom stereocenters. The molecule has 1 aromatic carbocycles. The summed E-state index contributed by atoms with van der Waals surface area (Å²) in [5, 5.41) is 9.65. The van der Waals surface area contributed by atoms with Crippen LogP contribution in [0.2, 0.25) is 5.02 Å². The third-order valence-electron chi connectivity index (χ3n) is 3.55. The van der Waals surface area contributed by atoms with Gasteiger partial charge < -0.3 is 9.32 Å². The lowest BCUT2D eigenvalue weighted by molar-refractivity contribution is 0.0728. The van der Waals surface area contributed by atoms with Crippen LogP contribution in [0.15, 0.2) is 34.1 Å². The van der Waals surface area contributed by atoms with Crippen LogP contribution < -0.4 is 0 Å². The van der Waals surface area contributed by atoms with E-state index in [4.69, 9.17) is 16.0 Å². The lowest BCUT2D eigenvalue weighted by Crippen LogP contribution is -2.31. The molecule has 0 saturated carbocycles. The molecule has 0 spiro atoms. The van der Waals surface area contributed by atoms with E-state index in [0.717, 1.165) is 17.0 Å². The summed E-state index contributed by atoms with van der Waals surface area (Å²) in [5.41, 5.74) is -0.114. The number of hydrogen-bond donors (Lipinski definition) is 0. The Morgan fingerprint density at radius 1 is 1.31 bits per heavy atom. The van der Waals surface area contributed by atoms with Crippen LogP contribution in [0.25, 0.3) is 10.8 Å². The fourth-order valence-corrected chi connectivity index (χ4v) is 3.24. The SMILES string of the molecule is CCCN(Cc1nnc(-c2cccs2)o1)C(=O)c1cc(F)c(F)cc1Cl. The Kier molecular flexibility index (Phi) is 5.63. The van der Waals surface area contributed by atoms with Gasteiger partial charge in [0.25, 0.3) is 11.8 Å². The zero-order valence-corrected chi connectivity index (χ0v) is 15.3. The van der Waals surface area contributed by atoms with Crippen molar-refractivity contribution in [3.05, 3.63) is 57.8 Å². The highest BCUT2D eigenvalue weighted by atomic mass is 35.5. The van der Waals surface area contributed by atoms with Crippen LogP contribution in [0, 0.1) is 11.6 Å². The normalized spacial score (nSPS) is 10.9. The molecule has 0 bridgehead atoms. The fourth-order valence-electron chi connectivity index (χ4n) is 2.36. The third-order valence-corrected chi connectivity index (χ3v) is 4.72. The Morgan fingerprint density at radius 2 is 2.08 bits per heavy atom. The van der Waals surface area contributed by atoms with Gasteiger partial charge in [-0.25, -0.2) is 8.78 Å². The highest BCUT2D eigenvalue weighted by Gasteiger charge is 2.22. The molecule has 1 amide bonds. The minimum atomic E-state index is -1.13. The van der Waals surface area contributed by atoms with Gasteiger partial charge in [-0.15, -0.1) is 21.5 Å². The van der Waals surface area contributed by atoms with Crippen LogP contribution in [0.5, 0.6) is 0 Å². The number of halogens is 3. The van der Waals surface area contributed by atoms with Crippen LogP contribution in [0.1, 0.15) is 29.6 Å². The van der Waals surface area contributed by atoms with Gasteiger partial charge in [0.2, 0.25) is 5.89 Å². The van der Waals surface area contributed by atoms with E-state index in [2.05, 4.69) is 10.2 Å². The van der Waals surface area contributed by atoms with Crippen molar-refractivity contribution in [2.45, 2.75) is 19.9 Å². The van der Waals surface area contributed by atoms with Crippen molar-refractivity contribution in [3.63, 3.8) is 0 Å². The fraction of sp³-hybridized carbons (Fsp3) is 0.235. The molecule has 2 heterocycles. The number of hydrogen-bond acceptors (Lipinski definition) is 5. The first-order chi connectivity index (χ1) is 12.5. The topological polar surface area (TPSA) is 59.2 Å². The smallest absolute Gasteiger partial charge is 0.257 e. The maximum Gasteiger partial charge on any atom is 0.257 e. The standard InChI is InChI=1S/C17H14ClF2N3O2S/c1-2-5-23(17(24)10-7-12(19)13(20)8-11(10)18)9-15-21-22-16(25-15)14-4-3-6-26-14/h3-4,6-8H,2,5,9H2,1H3. The molecule has 3 rings (SSSR count). The lowest BCUT2D eigenvalue weighted by Gasteiger charge is -2.21. The summed E-state index contributed by atoms with van der Waals surface area (Å²) in [7, 11) is 0. The van der Waals surface area contributed by atoms with E-state index in [1.807, 2.05) is 24.4 Å². The molecule has 0 fully saturated rings. The summed E-state index contributed by atoms with van der Waals surface area (Å²) in [6, 6.07) is 5.29. The van der Waals surface area contributed by atoms with Gasteiger partial charge in [0, 0.05) is 6.54 Å². The second-order valence-corrected chi connectivity index (χ2v) is 6.81. The van der Waals surface area contributed by atoms with Crippen LogP contribution in [0.4, 0.5) is 8.78 Å². The first kappa shape index (κ1) is 18.5. The molecule has 136 valence electrons. The minimum absolute atomic E-state index is 0.0420. The first-order valence-corrected chi connectivity index (χ1v) is 9.05. The van der Waals surface area contributed by atoms with E-state index in [1.165, 1.54) is 16.2 Å². The summed E-state index contributed by atoms with van der Waals surface area (Å²) >= 11 is 7.37. The average Bonchev–Trinajstić information content (AvgIpc) is 3.28. The Balaban J connectivity index is 1.83. The molecule has 0 unspecified atom stereocenters. The summed E-state index contributed by atoms with van der Waals surface area (Å²) in [6.07, 6.45) is 0.652. The Hall–Kier alpha value is -2.32. The van der Waals surface area contributed by atoms with Gasteiger partial charge >= 0.3 is 0 Å². The van der Waals surface area contributed by atoms with Gasteiger partial charge in [-0.2, -0.15) is 0 Å². The molecule has 0 aliphatic carbocycles. The second-order valence-electron chi connectivity index (χ2n) is 5.45. The molecule has 0 radical (unpaired) electrons. The third kappa shape index (κ3) is 3.91. The van der Waals surface area contributed by atoms with Crippen molar-refractivity contribution in [2.24, 2.45) is 0 Å². The highest BCUT2D eigenvalue weighted by molar-refractivity contribution is 7.13. The van der Waals surface area contributed by atoms with Crippen molar-refractivity contribution in [2.75, 3.05) is 6.54 Å². The van der Waals surface area contributed by atoms with Crippen LogP contribution in [0.3, 0.4) is 0 Å². The number of rotatable bonds is 6. The second kappa shape index (κ2) is 7.92. The Labute approximate surface area is 157 Å². The number of thiophene rings is 1. The summed E-state index contributed by atoms with van der Waals surface area (Å²) < 4.78 is 32.3. The molecule has 3 aromatic rings. The van der Waals surface area contributed by atoms with E-state index in [0.29, 0.717) is 18.9 Å². The van der Waals surface area contributed by atoms with Crippen LogP contribution >= 0.6 is 22.9 Å². The predicted octanol–water partition coefficient (Wildman–Crippen LogP) is 4.78. The molecule has 2 aromatic heterocycles. The summed E-state index contributed by atoms with van der Waals surface area (Å²) in [6.45, 7) is 2.29. The monoisotopic (exact) mass is 397 g/mol. The zero-order chi connectivity index (χ0) is 18.7. The maximum atomic E-state index is 13.5. The lowest BCUT2D eigenvalue weighted by atomic mass is 10.1. The van der Waals surface area contributed by atoms with Gasteiger partial charge in [0.15, 0.2) is 11.6 Å². The van der Waals surface area contributed by atoms with Gasteiger partial charge in [0.05, 0.1) is 22.0 Å². The number of nitrogens with zero attached hydrogens (tertiary/aromatic N) is 3. The van der Waals surface area contributed by atoms with Gasteiger partial charge in [0.1, 0.15) is 0 Å². The zero-order valence-electron chi connectivity index (χ0n) is 13.7. The Bertz CT molecular complexity index is 915. The molecule has 0 aliphatic rings. The van der Waals surface area contributed by atoms with Crippen molar-refractivity contribution in [1.82, 2.24) is 15.1 Å². The summed E-state index contributed by atoms with van der Waals surface area (Å²) in [5.74, 6) is -2.16. The van der Waals surface area contributed by atoms with Crippen LogP contribution in [-0.2, 0) is 6.54 Å². The largest absolute Gasteiger partial charge is 0.418 e. The van der Waals surface area contributed by atoms with Gasteiger partial charge in [-0.1, -0.05) is 24.6 Å². The van der Waals surface area contributed by atoms with Gasteiger partial charge in [-0.05, 0) is 30.0 Å². The first-order valence-electron chi connectivity index (χ1n) is 7.79. The van der Waals surface area contributed by atoms with Crippen molar-refractivity contribution in [3.8, 4) is 10.8 Å². The van der Waals surface area contributed by atoms with Crippen molar-refractivity contribution >= 4 is 28.8 Å². The van der Waals surface area contributed by atoms with E-state index >= 15 is 0 Å². The van der Waals surface area contributed by atoms with Gasteiger partial charge in [-0.3, -0.25) is 4.79 Å². The molecule has 26 heavy (non-hydrogen) atoms. The number of benzene rings is 1. The number of amides is 1. The molecule has 9 heteroatoms. The predicted molar refractivity (Wildman–Crippen MR) is 94.0 cm³/mol. The average molecular weight is 398 g/mol. The highest BCUT2D eigenvalue weighted by Crippen LogP contribution is 2.25. The maximum absolute atomic E-state index is 13.5. The van der Waals surface area contributed by atoms with E-state index in [9.17, 15) is 13.6 Å². The quantitative estimate of drug-likeness (QED) is 0.561. The minimum Gasteiger partial charge on any atom is -0.418 e. The number of carbonyl (C=O) groups excluding carboxylic acids is 1. The van der Waals surface area contributed by atoms with E-state index in [1.54, 1.807) is 0 Å². The molecule has 0 aliphatic heterocycles. The van der Waals surface area contributed by atoms with Crippen LogP contribution in [-0.4, -0.2) is 27.5 Å².